The van der Waals surface area contributed by atoms with Crippen LogP contribution in [0.15, 0.2) is 89.5 Å². The quantitative estimate of drug-likeness (QED) is 0.251. The molecule has 37 heavy (non-hydrogen) atoms. The maximum absolute atomic E-state index is 12.9. The summed E-state index contributed by atoms with van der Waals surface area (Å²) in [6.07, 6.45) is 2.88. The van der Waals surface area contributed by atoms with Gasteiger partial charge in [0.25, 0.3) is 0 Å². The Labute approximate surface area is 226 Å². The number of carbonyl (C=O) groups is 1. The van der Waals surface area contributed by atoms with E-state index in [0.717, 1.165) is 40.4 Å². The van der Waals surface area contributed by atoms with E-state index >= 15 is 0 Å². The molecule has 3 heterocycles. The highest BCUT2D eigenvalue weighted by Gasteiger charge is 2.41. The number of nitrogens with one attached hydrogen (secondary N) is 2. The van der Waals surface area contributed by atoms with Gasteiger partial charge in [-0.3, -0.25) is 9.78 Å². The number of aryl methyl sites for hydroxylation is 1. The summed E-state index contributed by atoms with van der Waals surface area (Å²) >= 11 is 11.8. The molecule has 1 fully saturated rings. The van der Waals surface area contributed by atoms with Crippen molar-refractivity contribution in [1.29, 1.82) is 0 Å². The third-order valence-electron chi connectivity index (χ3n) is 6.50. The molecule has 6 nitrogen and oxygen atoms in total. The highest BCUT2D eigenvalue weighted by molar-refractivity contribution is 7.80. The molecular formula is C29H27ClN4O2S. The van der Waals surface area contributed by atoms with Gasteiger partial charge in [-0.05, 0) is 78.8 Å². The van der Waals surface area contributed by atoms with Gasteiger partial charge in [0.15, 0.2) is 5.11 Å². The zero-order valence-corrected chi connectivity index (χ0v) is 21.9. The van der Waals surface area contributed by atoms with Crippen LogP contribution < -0.4 is 10.6 Å². The Morgan fingerprint density at radius 1 is 1.08 bits per heavy atom. The van der Waals surface area contributed by atoms with Crippen molar-refractivity contribution in [1.82, 2.24) is 15.2 Å². The third kappa shape index (κ3) is 5.53. The van der Waals surface area contributed by atoms with E-state index in [1.807, 2.05) is 83.8 Å². The standard InChI is InChI=1S/C29H27ClN4O2S/c1-2-19-7-3-4-8-22(19)32-26(35)16-18-34-28(27(33-29(34)37)23-9-5-6-17-31-23)25-15-14-24(36-25)20-10-12-21(30)13-11-20/h3-15,17,27-28H,2,16,18H2,1H3,(H,32,35)(H,33,37)/t27-,28+/m1/s1. The van der Waals surface area contributed by atoms with Gasteiger partial charge in [-0.2, -0.15) is 0 Å². The first-order valence-electron chi connectivity index (χ1n) is 12.2. The highest BCUT2D eigenvalue weighted by atomic mass is 35.5. The average molecular weight is 531 g/mol. The summed E-state index contributed by atoms with van der Waals surface area (Å²) in [4.78, 5) is 19.5. The van der Waals surface area contributed by atoms with Crippen LogP contribution in [0.1, 0.15) is 42.4 Å². The van der Waals surface area contributed by atoms with E-state index in [1.54, 1.807) is 6.20 Å². The van der Waals surface area contributed by atoms with Crippen molar-refractivity contribution in [3.63, 3.8) is 0 Å². The Balaban J connectivity index is 1.39. The van der Waals surface area contributed by atoms with Crippen LogP contribution in [0.3, 0.4) is 0 Å². The lowest BCUT2D eigenvalue weighted by atomic mass is 10.0. The van der Waals surface area contributed by atoms with Crippen molar-refractivity contribution in [2.75, 3.05) is 11.9 Å². The Hall–Kier alpha value is -3.68. The summed E-state index contributed by atoms with van der Waals surface area (Å²) in [6, 6.07) is 24.6. The maximum atomic E-state index is 12.9. The molecule has 2 aromatic carbocycles. The fraction of sp³-hybridized carbons (Fsp3) is 0.207. The van der Waals surface area contributed by atoms with Crippen molar-refractivity contribution >= 4 is 40.5 Å². The minimum Gasteiger partial charge on any atom is -0.459 e. The van der Waals surface area contributed by atoms with Gasteiger partial charge in [0, 0.05) is 35.4 Å². The smallest absolute Gasteiger partial charge is 0.226 e. The first-order valence-corrected chi connectivity index (χ1v) is 13.0. The SMILES string of the molecule is CCc1ccccc1NC(=O)CCN1C(=S)N[C@H](c2ccccn2)[C@@H]1c1ccc(-c2ccc(Cl)cc2)o1. The van der Waals surface area contributed by atoms with Crippen molar-refractivity contribution in [3.05, 3.63) is 107 Å². The van der Waals surface area contributed by atoms with E-state index in [0.29, 0.717) is 16.7 Å². The molecule has 1 amide bonds. The van der Waals surface area contributed by atoms with Gasteiger partial charge in [-0.15, -0.1) is 0 Å². The third-order valence-corrected chi connectivity index (χ3v) is 7.10. The Bertz CT molecular complexity index is 1390. The summed E-state index contributed by atoms with van der Waals surface area (Å²) in [7, 11) is 0. The lowest BCUT2D eigenvalue weighted by molar-refractivity contribution is -0.116. The lowest BCUT2D eigenvalue weighted by Gasteiger charge is -2.26. The number of nitrogens with zero attached hydrogens (tertiary/aromatic N) is 2. The first kappa shape index (κ1) is 25.0. The molecule has 0 radical (unpaired) electrons. The van der Waals surface area contributed by atoms with Gasteiger partial charge in [0.05, 0.1) is 11.7 Å². The molecule has 2 atom stereocenters. The molecule has 4 aromatic rings. The van der Waals surface area contributed by atoms with Crippen molar-refractivity contribution < 1.29 is 9.21 Å². The summed E-state index contributed by atoms with van der Waals surface area (Å²) in [6.45, 7) is 2.50. The Morgan fingerprint density at radius 2 is 1.86 bits per heavy atom. The topological polar surface area (TPSA) is 70.4 Å². The van der Waals surface area contributed by atoms with Crippen molar-refractivity contribution in [3.8, 4) is 11.3 Å². The molecule has 2 aromatic heterocycles. The van der Waals surface area contributed by atoms with Crippen molar-refractivity contribution in [2.45, 2.75) is 31.8 Å². The molecule has 2 N–H and O–H groups in total. The lowest BCUT2D eigenvalue weighted by Crippen LogP contribution is -2.32. The second-order valence-corrected chi connectivity index (χ2v) is 9.66. The molecule has 0 unspecified atom stereocenters. The van der Waals surface area contributed by atoms with Crippen LogP contribution in [0.4, 0.5) is 5.69 Å². The molecule has 0 bridgehead atoms. The number of rotatable bonds is 8. The van der Waals surface area contributed by atoms with Gasteiger partial charge in [0.2, 0.25) is 5.91 Å². The van der Waals surface area contributed by atoms with Crippen LogP contribution in [0.2, 0.25) is 5.02 Å². The van der Waals surface area contributed by atoms with Crippen LogP contribution in [0.25, 0.3) is 11.3 Å². The number of amides is 1. The number of carbonyl (C=O) groups excluding carboxylic acids is 1. The second kappa shape index (κ2) is 11.2. The van der Waals surface area contributed by atoms with E-state index in [9.17, 15) is 4.79 Å². The number of benzene rings is 2. The zero-order valence-electron chi connectivity index (χ0n) is 20.4. The minimum absolute atomic E-state index is 0.0648. The van der Waals surface area contributed by atoms with E-state index in [4.69, 9.17) is 28.2 Å². The van der Waals surface area contributed by atoms with E-state index < -0.39 is 0 Å². The predicted octanol–water partition coefficient (Wildman–Crippen LogP) is 6.56. The first-order chi connectivity index (χ1) is 18.0. The Kier molecular flexibility index (Phi) is 7.53. The number of hydrogen-bond donors (Lipinski definition) is 2. The number of para-hydroxylation sites is 1. The number of thiocarbonyl (C=S) groups is 1. The predicted molar refractivity (Wildman–Crippen MR) is 150 cm³/mol. The normalized spacial score (nSPS) is 17.0. The molecule has 188 valence electrons. The fourth-order valence-corrected chi connectivity index (χ4v) is 5.08. The zero-order chi connectivity index (χ0) is 25.8. The van der Waals surface area contributed by atoms with Crippen LogP contribution >= 0.6 is 23.8 Å². The molecule has 1 aliphatic heterocycles. The van der Waals surface area contributed by atoms with Crippen molar-refractivity contribution in [2.24, 2.45) is 0 Å². The highest BCUT2D eigenvalue weighted by Crippen LogP contribution is 2.40. The summed E-state index contributed by atoms with van der Waals surface area (Å²) < 4.78 is 6.34. The van der Waals surface area contributed by atoms with Crippen LogP contribution in [-0.2, 0) is 11.2 Å². The molecule has 0 saturated carbocycles. The largest absolute Gasteiger partial charge is 0.459 e. The van der Waals surface area contributed by atoms with Crippen LogP contribution in [0, 0.1) is 0 Å². The molecular weight excluding hydrogens is 504 g/mol. The number of pyridine rings is 1. The van der Waals surface area contributed by atoms with Gasteiger partial charge < -0.3 is 20.0 Å². The number of anilines is 1. The van der Waals surface area contributed by atoms with Gasteiger partial charge in [-0.25, -0.2) is 0 Å². The fourth-order valence-electron chi connectivity index (χ4n) is 4.62. The molecule has 1 aliphatic rings. The van der Waals surface area contributed by atoms with Crippen LogP contribution in [0.5, 0.6) is 0 Å². The van der Waals surface area contributed by atoms with Gasteiger partial charge >= 0.3 is 0 Å². The summed E-state index contributed by atoms with van der Waals surface area (Å²) in [5.74, 6) is 1.41. The average Bonchev–Trinajstić information content (AvgIpc) is 3.53. The number of furan rings is 1. The minimum atomic E-state index is -0.265. The number of aromatic nitrogens is 1. The van der Waals surface area contributed by atoms with E-state index in [1.165, 1.54) is 0 Å². The summed E-state index contributed by atoms with van der Waals surface area (Å²) in [5, 5.41) is 7.69. The molecule has 1 saturated heterocycles. The second-order valence-electron chi connectivity index (χ2n) is 8.84. The molecule has 5 rings (SSSR count). The molecule has 0 aliphatic carbocycles. The Morgan fingerprint density at radius 3 is 2.62 bits per heavy atom. The monoisotopic (exact) mass is 530 g/mol. The summed E-state index contributed by atoms with van der Waals surface area (Å²) in [5.41, 5.74) is 3.73. The molecule has 8 heteroatoms. The van der Waals surface area contributed by atoms with Gasteiger partial charge in [-0.1, -0.05) is 42.8 Å². The number of halogens is 1. The van der Waals surface area contributed by atoms with E-state index in [-0.39, 0.29) is 24.4 Å². The maximum Gasteiger partial charge on any atom is 0.226 e. The van der Waals surface area contributed by atoms with E-state index in [2.05, 4.69) is 22.5 Å². The van der Waals surface area contributed by atoms with Gasteiger partial charge in [0.1, 0.15) is 17.6 Å². The number of hydrogen-bond acceptors (Lipinski definition) is 4. The molecule has 0 spiro atoms. The van der Waals surface area contributed by atoms with Crippen LogP contribution in [-0.4, -0.2) is 27.4 Å².